The van der Waals surface area contributed by atoms with E-state index in [1.54, 1.807) is 19.1 Å². The minimum atomic E-state index is -2.42. The van der Waals surface area contributed by atoms with Gasteiger partial charge in [0.15, 0.2) is 22.9 Å². The zero-order valence-electron chi connectivity index (χ0n) is 18.6. The van der Waals surface area contributed by atoms with E-state index >= 15 is 0 Å². The van der Waals surface area contributed by atoms with Gasteiger partial charge in [-0.05, 0) is 0 Å². The number of hydrogen-bond acceptors (Lipinski definition) is 10. The first kappa shape index (κ1) is 24.6. The molecule has 3 rings (SSSR count). The second-order valence-electron chi connectivity index (χ2n) is 8.29. The fourth-order valence-electron chi connectivity index (χ4n) is 3.03. The summed E-state index contributed by atoms with van der Waals surface area (Å²) in [6, 6.07) is 3.51. The Morgan fingerprint density at radius 3 is 2.59 bits per heavy atom. The minimum Gasteiger partial charge on any atom is -0.760 e. The van der Waals surface area contributed by atoms with Crippen molar-refractivity contribution in [3.63, 3.8) is 0 Å². The molecule has 34 heavy (non-hydrogen) atoms. The van der Waals surface area contributed by atoms with Crippen LogP contribution in [0, 0.1) is 22.7 Å². The number of nitrogens with zero attached hydrogens (tertiary/aromatic N) is 9. The van der Waals surface area contributed by atoms with Crippen molar-refractivity contribution in [2.24, 2.45) is 10.2 Å². The first-order chi connectivity index (χ1) is 16.0. The third kappa shape index (κ3) is 4.99. The molecule has 15 nitrogen and oxygen atoms in total. The number of carboxylic acids is 1. The summed E-state index contributed by atoms with van der Waals surface area (Å²) < 4.78 is 26.2. The number of hydrogen-bond donors (Lipinski definition) is 3. The highest BCUT2D eigenvalue weighted by molar-refractivity contribution is 7.77. The maximum Gasteiger partial charge on any atom is 0.323 e. The summed E-state index contributed by atoms with van der Waals surface area (Å²) >= 11 is -2.42. The number of nitrogens with one attached hydrogen (secondary N) is 2. The van der Waals surface area contributed by atoms with Gasteiger partial charge in [-0.3, -0.25) is 18.7 Å². The van der Waals surface area contributed by atoms with Crippen LogP contribution in [0.15, 0.2) is 10.2 Å². The van der Waals surface area contributed by atoms with Crippen molar-refractivity contribution < 1.29 is 18.7 Å². The number of H-pyrrole nitrogens is 1. The molecule has 2 unspecified atom stereocenters. The lowest BCUT2D eigenvalue weighted by Gasteiger charge is -2.16. The molecule has 178 valence electrons. The molecule has 2 atom stereocenters. The van der Waals surface area contributed by atoms with Crippen molar-refractivity contribution in [1.29, 1.82) is 10.5 Å². The number of aromatic nitrogens is 6. The van der Waals surface area contributed by atoms with Gasteiger partial charge in [0.25, 0.3) is 5.95 Å². The Morgan fingerprint density at radius 2 is 2.03 bits per heavy atom. The summed E-state index contributed by atoms with van der Waals surface area (Å²) in [5.74, 6) is -1.48. The SMILES string of the molecule is CC(CNS(=O)[O-])c1nc2c(N=Nc3nc(C#N)c(C#N)n3CC(=O)O)c(C(C)(C)C)[nH]n2n1. The van der Waals surface area contributed by atoms with Crippen molar-refractivity contribution >= 4 is 34.5 Å². The highest BCUT2D eigenvalue weighted by atomic mass is 32.2. The average Bonchev–Trinajstić information content (AvgIpc) is 3.40. The van der Waals surface area contributed by atoms with E-state index in [4.69, 9.17) is 0 Å². The third-order valence-electron chi connectivity index (χ3n) is 4.68. The van der Waals surface area contributed by atoms with Gasteiger partial charge in [0, 0.05) is 29.1 Å². The molecule has 3 aromatic heterocycles. The molecule has 0 aliphatic heterocycles. The molecule has 0 fully saturated rings. The smallest absolute Gasteiger partial charge is 0.323 e. The zero-order valence-corrected chi connectivity index (χ0v) is 19.4. The Balaban J connectivity index is 2.11. The Bertz CT molecular complexity index is 1380. The lowest BCUT2D eigenvalue weighted by Crippen LogP contribution is -2.22. The number of nitriles is 2. The predicted octanol–water partition coefficient (Wildman–Crippen LogP) is 1.28. The van der Waals surface area contributed by atoms with Crippen LogP contribution in [0.4, 0.5) is 11.6 Å². The Hall–Kier alpha value is -3.99. The highest BCUT2D eigenvalue weighted by Gasteiger charge is 2.27. The van der Waals surface area contributed by atoms with Crippen LogP contribution < -0.4 is 4.72 Å². The van der Waals surface area contributed by atoms with Crippen molar-refractivity contribution in [2.75, 3.05) is 6.54 Å². The van der Waals surface area contributed by atoms with Crippen LogP contribution in [0.25, 0.3) is 5.65 Å². The van der Waals surface area contributed by atoms with E-state index in [9.17, 15) is 29.2 Å². The van der Waals surface area contributed by atoms with E-state index in [1.807, 2.05) is 20.8 Å². The van der Waals surface area contributed by atoms with Crippen LogP contribution in [0.1, 0.15) is 56.5 Å². The van der Waals surface area contributed by atoms with Gasteiger partial charge in [-0.1, -0.05) is 27.7 Å². The Kier molecular flexibility index (Phi) is 6.87. The number of aliphatic carboxylic acids is 1. The van der Waals surface area contributed by atoms with Crippen molar-refractivity contribution in [2.45, 2.75) is 45.6 Å². The van der Waals surface area contributed by atoms with E-state index in [0.717, 1.165) is 4.57 Å². The zero-order chi connectivity index (χ0) is 25.2. The minimum absolute atomic E-state index is 0.0900. The number of azo groups is 1. The van der Waals surface area contributed by atoms with Crippen molar-refractivity contribution in [3.8, 4) is 12.1 Å². The van der Waals surface area contributed by atoms with Gasteiger partial charge in [-0.2, -0.15) is 20.1 Å². The van der Waals surface area contributed by atoms with Crippen LogP contribution in [0.3, 0.4) is 0 Å². The third-order valence-corrected chi connectivity index (χ3v) is 5.08. The normalized spacial score (nSPS) is 13.7. The lowest BCUT2D eigenvalue weighted by atomic mass is 9.91. The predicted molar refractivity (Wildman–Crippen MR) is 115 cm³/mol. The van der Waals surface area contributed by atoms with Gasteiger partial charge in [0.1, 0.15) is 18.7 Å². The standard InChI is InChI=1S/C18H21N11O4S/c1-9(7-21-34(32)33)15-23-16-13(14(18(2,3)4)26-29(16)27-15)24-25-17-22-10(5-19)11(6-20)28(17)8-12(30)31/h9,21,26H,7-8H2,1-4H3,(H,30,31)(H,32,33)/p-1. The fourth-order valence-corrected chi connectivity index (χ4v) is 3.42. The Morgan fingerprint density at radius 1 is 1.32 bits per heavy atom. The van der Waals surface area contributed by atoms with Crippen molar-refractivity contribution in [1.82, 2.24) is 34.1 Å². The number of aromatic amines is 1. The van der Waals surface area contributed by atoms with Gasteiger partial charge in [0.05, 0.1) is 5.69 Å². The van der Waals surface area contributed by atoms with Crippen LogP contribution in [0.2, 0.25) is 0 Å². The summed E-state index contributed by atoms with van der Waals surface area (Å²) in [7, 11) is 0. The lowest BCUT2D eigenvalue weighted by molar-refractivity contribution is -0.137. The number of carbonyl (C=O) groups is 1. The van der Waals surface area contributed by atoms with Gasteiger partial charge in [-0.25, -0.2) is 9.71 Å². The number of imidazole rings is 1. The molecule has 0 radical (unpaired) electrons. The number of carboxylic acid groups (broad SMARTS) is 1. The highest BCUT2D eigenvalue weighted by Crippen LogP contribution is 2.35. The van der Waals surface area contributed by atoms with Crippen LogP contribution in [0.5, 0.6) is 0 Å². The first-order valence-electron chi connectivity index (χ1n) is 9.82. The molecule has 0 aliphatic carbocycles. The van der Waals surface area contributed by atoms with Crippen LogP contribution >= 0.6 is 0 Å². The topological polar surface area (TPSA) is 226 Å². The van der Waals surface area contributed by atoms with Crippen LogP contribution in [-0.4, -0.2) is 55.7 Å². The van der Waals surface area contributed by atoms with E-state index in [-0.39, 0.29) is 29.8 Å². The maximum absolute atomic E-state index is 11.3. The quantitative estimate of drug-likeness (QED) is 0.307. The monoisotopic (exact) mass is 486 g/mol. The molecule has 0 amide bonds. The van der Waals surface area contributed by atoms with E-state index in [1.165, 1.54) is 4.63 Å². The molecule has 3 heterocycles. The molecule has 0 aliphatic rings. The summed E-state index contributed by atoms with van der Waals surface area (Å²) in [4.78, 5) is 19.7. The summed E-state index contributed by atoms with van der Waals surface area (Å²) in [6.45, 7) is 6.95. The second-order valence-corrected chi connectivity index (χ2v) is 9.05. The van der Waals surface area contributed by atoms with Crippen LogP contribution in [-0.2, 0) is 28.0 Å². The molecule has 0 saturated carbocycles. The molecular formula is C18H20N11O4S-. The van der Waals surface area contributed by atoms with Gasteiger partial charge >= 0.3 is 5.97 Å². The summed E-state index contributed by atoms with van der Waals surface area (Å²) in [6.07, 6.45) is 0. The fraction of sp³-hybridized carbons (Fsp3) is 0.444. The number of rotatable bonds is 8. The van der Waals surface area contributed by atoms with E-state index < -0.39 is 29.2 Å². The molecule has 0 spiro atoms. The van der Waals surface area contributed by atoms with E-state index in [2.05, 4.69) is 35.1 Å². The summed E-state index contributed by atoms with van der Waals surface area (Å²) in [5.41, 5.74) is 0.250. The van der Waals surface area contributed by atoms with Gasteiger partial charge in [-0.15, -0.1) is 15.3 Å². The first-order valence-corrected chi connectivity index (χ1v) is 10.9. The number of fused-ring (bicyclic) bond motifs is 1. The molecule has 0 saturated heterocycles. The molecule has 16 heteroatoms. The average molecular weight is 486 g/mol. The van der Waals surface area contributed by atoms with Crippen molar-refractivity contribution in [3.05, 3.63) is 22.9 Å². The molecular weight excluding hydrogens is 466 g/mol. The summed E-state index contributed by atoms with van der Waals surface area (Å²) in [5, 5.41) is 43.5. The molecule has 3 N–H and O–H groups in total. The Labute approximate surface area is 195 Å². The molecule has 0 bridgehead atoms. The molecule has 3 aromatic rings. The molecule has 0 aromatic carbocycles. The second kappa shape index (κ2) is 9.48. The van der Waals surface area contributed by atoms with Gasteiger partial charge in [0.2, 0.25) is 5.65 Å². The van der Waals surface area contributed by atoms with E-state index in [0.29, 0.717) is 22.9 Å². The largest absolute Gasteiger partial charge is 0.760 e. The van der Waals surface area contributed by atoms with Gasteiger partial charge < -0.3 is 9.66 Å². The maximum atomic E-state index is 11.3.